The van der Waals surface area contributed by atoms with Gasteiger partial charge in [-0.05, 0) is 49.9 Å². The average molecular weight is 225 g/mol. The van der Waals surface area contributed by atoms with E-state index in [0.717, 1.165) is 5.92 Å². The summed E-state index contributed by atoms with van der Waals surface area (Å²) in [6.45, 7) is 11.7. The van der Waals surface area contributed by atoms with E-state index in [1.54, 1.807) is 0 Å². The zero-order valence-corrected chi connectivity index (χ0v) is 11.4. The van der Waals surface area contributed by atoms with Crippen molar-refractivity contribution in [3.8, 4) is 0 Å². The molecule has 94 valence electrons. The highest BCUT2D eigenvalue weighted by atomic mass is 16.3. The van der Waals surface area contributed by atoms with Gasteiger partial charge in [0.05, 0.1) is 5.60 Å². The standard InChI is InChI=1S/C14H27NO/c1-12(2,16)9-15-11-8-10-6-7-14(11,5)13(10,3)4/h10-11,15-16H,6-9H2,1-5H3/t10?,11?,14-/m0/s1. The van der Waals surface area contributed by atoms with Gasteiger partial charge in [-0.1, -0.05) is 20.8 Å². The van der Waals surface area contributed by atoms with Gasteiger partial charge in [0.2, 0.25) is 0 Å². The molecule has 0 saturated heterocycles. The monoisotopic (exact) mass is 225 g/mol. The average Bonchev–Trinajstić information content (AvgIpc) is 2.45. The van der Waals surface area contributed by atoms with Crippen LogP contribution in [0.15, 0.2) is 0 Å². The summed E-state index contributed by atoms with van der Waals surface area (Å²) in [6.07, 6.45) is 4.03. The van der Waals surface area contributed by atoms with Crippen LogP contribution >= 0.6 is 0 Å². The molecular formula is C14H27NO. The first-order valence-electron chi connectivity index (χ1n) is 6.63. The molecule has 0 heterocycles. The Kier molecular flexibility index (Phi) is 2.67. The third kappa shape index (κ3) is 1.70. The highest BCUT2D eigenvalue weighted by Crippen LogP contribution is 2.65. The molecule has 2 bridgehead atoms. The molecule has 2 unspecified atom stereocenters. The van der Waals surface area contributed by atoms with E-state index < -0.39 is 5.60 Å². The molecule has 0 aromatic carbocycles. The molecule has 0 aromatic heterocycles. The van der Waals surface area contributed by atoms with Crippen LogP contribution in [0.5, 0.6) is 0 Å². The normalized spacial score (nSPS) is 41.6. The van der Waals surface area contributed by atoms with Gasteiger partial charge in [-0.3, -0.25) is 0 Å². The fourth-order valence-corrected chi connectivity index (χ4v) is 3.89. The van der Waals surface area contributed by atoms with Gasteiger partial charge in [-0.25, -0.2) is 0 Å². The molecule has 2 fully saturated rings. The minimum atomic E-state index is -0.595. The second-order valence-corrected chi connectivity index (χ2v) is 7.36. The molecule has 0 aliphatic heterocycles. The van der Waals surface area contributed by atoms with Crippen molar-refractivity contribution in [1.29, 1.82) is 0 Å². The predicted molar refractivity (Wildman–Crippen MR) is 67.3 cm³/mol. The first kappa shape index (κ1) is 12.4. The Morgan fingerprint density at radius 1 is 1.31 bits per heavy atom. The van der Waals surface area contributed by atoms with Crippen LogP contribution in [0.2, 0.25) is 0 Å². The van der Waals surface area contributed by atoms with Crippen molar-refractivity contribution >= 4 is 0 Å². The summed E-state index contributed by atoms with van der Waals surface area (Å²) in [5.41, 5.74) is 0.287. The topological polar surface area (TPSA) is 32.3 Å². The lowest BCUT2D eigenvalue weighted by Gasteiger charge is -2.40. The summed E-state index contributed by atoms with van der Waals surface area (Å²) in [7, 11) is 0. The lowest BCUT2D eigenvalue weighted by atomic mass is 9.69. The van der Waals surface area contributed by atoms with E-state index in [2.05, 4.69) is 26.1 Å². The van der Waals surface area contributed by atoms with Gasteiger partial charge in [0.25, 0.3) is 0 Å². The Hall–Kier alpha value is -0.0800. The molecule has 2 saturated carbocycles. The quantitative estimate of drug-likeness (QED) is 0.773. The number of hydrogen-bond donors (Lipinski definition) is 2. The van der Waals surface area contributed by atoms with Crippen LogP contribution in [0.4, 0.5) is 0 Å². The Balaban J connectivity index is 2.05. The largest absolute Gasteiger partial charge is 0.389 e. The van der Waals surface area contributed by atoms with Crippen molar-refractivity contribution in [1.82, 2.24) is 5.32 Å². The molecule has 2 N–H and O–H groups in total. The molecule has 0 amide bonds. The van der Waals surface area contributed by atoms with Crippen LogP contribution < -0.4 is 5.32 Å². The van der Waals surface area contributed by atoms with Crippen molar-refractivity contribution in [2.24, 2.45) is 16.7 Å². The van der Waals surface area contributed by atoms with Crippen LogP contribution in [0.25, 0.3) is 0 Å². The molecule has 2 heteroatoms. The molecule has 0 spiro atoms. The SMILES string of the molecule is CC(C)(O)CNC1CC2CC[C@]1(C)C2(C)C. The molecule has 2 aliphatic rings. The maximum Gasteiger partial charge on any atom is 0.0715 e. The molecule has 0 aromatic rings. The highest BCUT2D eigenvalue weighted by Gasteiger charge is 2.61. The van der Waals surface area contributed by atoms with E-state index in [9.17, 15) is 5.11 Å². The van der Waals surface area contributed by atoms with E-state index in [1.165, 1.54) is 19.3 Å². The molecule has 16 heavy (non-hydrogen) atoms. The van der Waals surface area contributed by atoms with Gasteiger partial charge in [-0.2, -0.15) is 0 Å². The number of fused-ring (bicyclic) bond motifs is 2. The second-order valence-electron chi connectivity index (χ2n) is 7.36. The maximum absolute atomic E-state index is 9.80. The smallest absolute Gasteiger partial charge is 0.0715 e. The lowest BCUT2D eigenvalue weighted by molar-refractivity contribution is 0.0597. The minimum Gasteiger partial charge on any atom is -0.389 e. The Labute approximate surface area is 99.8 Å². The van der Waals surface area contributed by atoms with Gasteiger partial charge >= 0.3 is 0 Å². The van der Waals surface area contributed by atoms with Crippen molar-refractivity contribution in [2.45, 2.75) is 65.5 Å². The van der Waals surface area contributed by atoms with Gasteiger partial charge < -0.3 is 10.4 Å². The van der Waals surface area contributed by atoms with Crippen LogP contribution in [-0.2, 0) is 0 Å². The van der Waals surface area contributed by atoms with Crippen LogP contribution in [0, 0.1) is 16.7 Å². The Morgan fingerprint density at radius 3 is 2.31 bits per heavy atom. The maximum atomic E-state index is 9.80. The molecule has 0 radical (unpaired) electrons. The van der Waals surface area contributed by atoms with Crippen LogP contribution in [-0.4, -0.2) is 23.3 Å². The molecule has 2 nitrogen and oxygen atoms in total. The van der Waals surface area contributed by atoms with Crippen molar-refractivity contribution in [2.75, 3.05) is 6.54 Å². The van der Waals surface area contributed by atoms with E-state index in [-0.39, 0.29) is 0 Å². The van der Waals surface area contributed by atoms with Crippen molar-refractivity contribution in [3.05, 3.63) is 0 Å². The summed E-state index contributed by atoms with van der Waals surface area (Å²) < 4.78 is 0. The number of nitrogens with one attached hydrogen (secondary N) is 1. The predicted octanol–water partition coefficient (Wildman–Crippen LogP) is 2.56. The lowest BCUT2D eigenvalue weighted by Crippen LogP contribution is -2.48. The third-order valence-electron chi connectivity index (χ3n) is 5.58. The Bertz CT molecular complexity index is 279. The number of rotatable bonds is 3. The van der Waals surface area contributed by atoms with E-state index >= 15 is 0 Å². The van der Waals surface area contributed by atoms with Gasteiger partial charge in [0.15, 0.2) is 0 Å². The summed E-state index contributed by atoms with van der Waals surface area (Å²) >= 11 is 0. The summed E-state index contributed by atoms with van der Waals surface area (Å²) in [6, 6.07) is 0.590. The van der Waals surface area contributed by atoms with E-state index in [1.807, 2.05) is 13.8 Å². The Morgan fingerprint density at radius 2 is 1.94 bits per heavy atom. The summed E-state index contributed by atoms with van der Waals surface area (Å²) in [4.78, 5) is 0. The molecular weight excluding hydrogens is 198 g/mol. The molecule has 3 atom stereocenters. The summed E-state index contributed by atoms with van der Waals surface area (Å²) in [5.74, 6) is 0.872. The van der Waals surface area contributed by atoms with Crippen molar-refractivity contribution < 1.29 is 5.11 Å². The molecule has 2 aliphatic carbocycles. The third-order valence-corrected chi connectivity index (χ3v) is 5.58. The first-order chi connectivity index (χ1) is 7.17. The van der Waals surface area contributed by atoms with Gasteiger partial charge in [-0.15, -0.1) is 0 Å². The van der Waals surface area contributed by atoms with Crippen molar-refractivity contribution in [3.63, 3.8) is 0 Å². The van der Waals surface area contributed by atoms with E-state index in [4.69, 9.17) is 0 Å². The van der Waals surface area contributed by atoms with Gasteiger partial charge in [0.1, 0.15) is 0 Å². The minimum absolute atomic E-state index is 0.420. The zero-order valence-electron chi connectivity index (χ0n) is 11.4. The van der Waals surface area contributed by atoms with Crippen LogP contribution in [0.1, 0.15) is 53.9 Å². The second kappa shape index (κ2) is 3.46. The van der Waals surface area contributed by atoms with Gasteiger partial charge in [0, 0.05) is 12.6 Å². The molecule has 2 rings (SSSR count). The summed E-state index contributed by atoms with van der Waals surface area (Å²) in [5, 5.41) is 13.4. The first-order valence-corrected chi connectivity index (χ1v) is 6.63. The zero-order chi connectivity index (χ0) is 12.2. The fraction of sp³-hybridized carbons (Fsp3) is 1.00. The number of aliphatic hydroxyl groups is 1. The fourth-order valence-electron chi connectivity index (χ4n) is 3.89. The van der Waals surface area contributed by atoms with E-state index in [0.29, 0.717) is 23.4 Å². The van der Waals surface area contributed by atoms with Crippen LogP contribution in [0.3, 0.4) is 0 Å². The number of hydrogen-bond acceptors (Lipinski definition) is 2. The highest BCUT2D eigenvalue weighted by molar-refractivity contribution is 5.13.